The average molecular weight is 164 g/mol. The van der Waals surface area contributed by atoms with E-state index in [1.54, 1.807) is 6.92 Å². The van der Waals surface area contributed by atoms with Crippen LogP contribution in [0.25, 0.3) is 0 Å². The number of hydrogen-bond acceptors (Lipinski definition) is 3. The number of hydrogen-bond donors (Lipinski definition) is 0. The Kier molecular flexibility index (Phi) is 2.49. The maximum atomic E-state index is 11.0. The van der Waals surface area contributed by atoms with Gasteiger partial charge in [-0.25, -0.2) is 0 Å². The SMILES string of the molecule is CCOc1cc(C#N)cc[n+]1[O-]. The Bertz CT molecular complexity index is 317. The lowest BCUT2D eigenvalue weighted by Gasteiger charge is -2.03. The maximum Gasteiger partial charge on any atom is 0.380 e. The molecule has 0 aliphatic heterocycles. The number of pyridine rings is 1. The smallest absolute Gasteiger partial charge is 0.380 e. The number of rotatable bonds is 2. The topological polar surface area (TPSA) is 60.0 Å². The van der Waals surface area contributed by atoms with Crippen molar-refractivity contribution in [3.63, 3.8) is 0 Å². The van der Waals surface area contributed by atoms with E-state index >= 15 is 0 Å². The van der Waals surface area contributed by atoms with Crippen molar-refractivity contribution in [2.75, 3.05) is 6.61 Å². The molecule has 0 fully saturated rings. The lowest BCUT2D eigenvalue weighted by molar-refractivity contribution is -0.612. The highest BCUT2D eigenvalue weighted by molar-refractivity contribution is 5.28. The summed E-state index contributed by atoms with van der Waals surface area (Å²) in [6, 6.07) is 4.77. The van der Waals surface area contributed by atoms with Crippen molar-refractivity contribution in [1.82, 2.24) is 0 Å². The summed E-state index contributed by atoms with van der Waals surface area (Å²) in [6.45, 7) is 2.19. The van der Waals surface area contributed by atoms with Crippen LogP contribution < -0.4 is 9.47 Å². The second-order valence-corrected chi connectivity index (χ2v) is 2.12. The molecule has 0 atom stereocenters. The van der Waals surface area contributed by atoms with Gasteiger partial charge in [0.05, 0.1) is 24.3 Å². The molecular formula is C8H8N2O2. The van der Waals surface area contributed by atoms with Gasteiger partial charge in [-0.3, -0.25) is 0 Å². The van der Waals surface area contributed by atoms with Crippen LogP contribution in [0.4, 0.5) is 0 Å². The third-order valence-corrected chi connectivity index (χ3v) is 1.31. The van der Waals surface area contributed by atoms with Crippen LogP contribution >= 0.6 is 0 Å². The predicted molar refractivity (Wildman–Crippen MR) is 41.3 cm³/mol. The fourth-order valence-corrected chi connectivity index (χ4v) is 0.789. The molecule has 0 aliphatic carbocycles. The van der Waals surface area contributed by atoms with Crippen LogP contribution in [0.3, 0.4) is 0 Å². The van der Waals surface area contributed by atoms with Crippen LogP contribution in [-0.2, 0) is 0 Å². The molecule has 1 heterocycles. The van der Waals surface area contributed by atoms with E-state index in [0.717, 1.165) is 0 Å². The number of aromatic nitrogens is 1. The summed E-state index contributed by atoms with van der Waals surface area (Å²) in [7, 11) is 0. The largest absolute Gasteiger partial charge is 0.616 e. The summed E-state index contributed by atoms with van der Waals surface area (Å²) in [4.78, 5) is 0. The highest BCUT2D eigenvalue weighted by atomic mass is 16.5. The Balaban J connectivity index is 3.01. The maximum absolute atomic E-state index is 11.0. The fraction of sp³-hybridized carbons (Fsp3) is 0.250. The first-order chi connectivity index (χ1) is 5.77. The minimum Gasteiger partial charge on any atom is -0.616 e. The summed E-state index contributed by atoms with van der Waals surface area (Å²) < 4.78 is 5.57. The van der Waals surface area contributed by atoms with Gasteiger partial charge in [0.2, 0.25) is 0 Å². The Labute approximate surface area is 70.2 Å². The molecule has 62 valence electrons. The van der Waals surface area contributed by atoms with Crippen molar-refractivity contribution in [1.29, 1.82) is 5.26 Å². The molecule has 0 saturated carbocycles. The molecule has 0 aromatic carbocycles. The second-order valence-electron chi connectivity index (χ2n) is 2.12. The van der Waals surface area contributed by atoms with E-state index < -0.39 is 0 Å². The number of nitriles is 1. The number of nitrogens with zero attached hydrogens (tertiary/aromatic N) is 2. The van der Waals surface area contributed by atoms with Gasteiger partial charge in [-0.1, -0.05) is 0 Å². The molecule has 4 nitrogen and oxygen atoms in total. The molecule has 0 amide bonds. The molecule has 0 spiro atoms. The first-order valence-corrected chi connectivity index (χ1v) is 3.54. The molecule has 12 heavy (non-hydrogen) atoms. The molecule has 1 aromatic rings. The molecule has 1 aromatic heterocycles. The van der Waals surface area contributed by atoms with Gasteiger partial charge in [-0.2, -0.15) is 5.26 Å². The van der Waals surface area contributed by atoms with Gasteiger partial charge in [-0.15, -0.1) is 4.73 Å². The average Bonchev–Trinajstić information content (AvgIpc) is 2.09. The minimum absolute atomic E-state index is 0.163. The van der Waals surface area contributed by atoms with Crippen molar-refractivity contribution in [3.05, 3.63) is 29.1 Å². The first kappa shape index (κ1) is 8.34. The Hall–Kier alpha value is -1.76. The van der Waals surface area contributed by atoms with Gasteiger partial charge >= 0.3 is 5.88 Å². The zero-order valence-corrected chi connectivity index (χ0v) is 6.65. The van der Waals surface area contributed by atoms with E-state index in [-0.39, 0.29) is 5.88 Å². The van der Waals surface area contributed by atoms with Gasteiger partial charge in [0.15, 0.2) is 6.20 Å². The van der Waals surface area contributed by atoms with Gasteiger partial charge in [-0.05, 0) is 6.92 Å². The predicted octanol–water partition coefficient (Wildman–Crippen LogP) is 0.590. The van der Waals surface area contributed by atoms with Gasteiger partial charge in [0, 0.05) is 6.07 Å². The van der Waals surface area contributed by atoms with E-state index in [1.807, 2.05) is 6.07 Å². The van der Waals surface area contributed by atoms with Crippen LogP contribution in [0.5, 0.6) is 5.88 Å². The third kappa shape index (κ3) is 1.64. The number of ether oxygens (including phenoxy) is 1. The van der Waals surface area contributed by atoms with E-state index in [4.69, 9.17) is 10.00 Å². The fourth-order valence-electron chi connectivity index (χ4n) is 0.789. The van der Waals surface area contributed by atoms with E-state index in [1.165, 1.54) is 18.3 Å². The van der Waals surface area contributed by atoms with Crippen LogP contribution in [0.2, 0.25) is 0 Å². The van der Waals surface area contributed by atoms with Crippen molar-refractivity contribution in [2.45, 2.75) is 6.92 Å². The lowest BCUT2D eigenvalue weighted by Crippen LogP contribution is -2.28. The molecule has 0 unspecified atom stereocenters. The van der Waals surface area contributed by atoms with Crippen molar-refractivity contribution in [2.24, 2.45) is 0 Å². The van der Waals surface area contributed by atoms with Crippen LogP contribution in [-0.4, -0.2) is 6.61 Å². The Morgan fingerprint density at radius 3 is 3.08 bits per heavy atom. The molecule has 0 N–H and O–H groups in total. The minimum atomic E-state index is 0.163. The van der Waals surface area contributed by atoms with Crippen molar-refractivity contribution in [3.8, 4) is 11.9 Å². The molecular weight excluding hydrogens is 156 g/mol. The standard InChI is InChI=1S/C8H8N2O2/c1-2-12-8-5-7(6-9)3-4-10(8)11/h3-5H,2H2,1H3. The van der Waals surface area contributed by atoms with Crippen LogP contribution in [0.15, 0.2) is 18.3 Å². The van der Waals surface area contributed by atoms with E-state index in [2.05, 4.69) is 0 Å². The van der Waals surface area contributed by atoms with Crippen molar-refractivity contribution < 1.29 is 9.47 Å². The summed E-state index contributed by atoms with van der Waals surface area (Å²) >= 11 is 0. The van der Waals surface area contributed by atoms with Crippen molar-refractivity contribution >= 4 is 0 Å². The Morgan fingerprint density at radius 1 is 1.75 bits per heavy atom. The second kappa shape index (κ2) is 3.58. The molecule has 0 radical (unpaired) electrons. The molecule has 0 aliphatic rings. The quantitative estimate of drug-likeness (QED) is 0.474. The highest BCUT2D eigenvalue weighted by Gasteiger charge is 2.05. The lowest BCUT2D eigenvalue weighted by atomic mass is 10.3. The summed E-state index contributed by atoms with van der Waals surface area (Å²) in [5.74, 6) is 0.163. The first-order valence-electron chi connectivity index (χ1n) is 3.54. The van der Waals surface area contributed by atoms with E-state index in [9.17, 15) is 5.21 Å². The monoisotopic (exact) mass is 164 g/mol. The van der Waals surface area contributed by atoms with Gasteiger partial charge < -0.3 is 9.94 Å². The van der Waals surface area contributed by atoms with Gasteiger partial charge in [0.1, 0.15) is 0 Å². The highest BCUT2D eigenvalue weighted by Crippen LogP contribution is 2.05. The molecule has 0 saturated heterocycles. The van der Waals surface area contributed by atoms with E-state index in [0.29, 0.717) is 16.9 Å². The summed E-state index contributed by atoms with van der Waals surface area (Å²) in [5.41, 5.74) is 0.422. The summed E-state index contributed by atoms with van der Waals surface area (Å²) in [6.07, 6.45) is 1.25. The zero-order chi connectivity index (χ0) is 8.97. The Morgan fingerprint density at radius 2 is 2.50 bits per heavy atom. The third-order valence-electron chi connectivity index (χ3n) is 1.31. The van der Waals surface area contributed by atoms with Crippen LogP contribution in [0.1, 0.15) is 12.5 Å². The normalized spacial score (nSPS) is 9.00. The molecule has 1 rings (SSSR count). The zero-order valence-electron chi connectivity index (χ0n) is 6.65. The summed E-state index contributed by atoms with van der Waals surface area (Å²) in [5, 5.41) is 19.5. The van der Waals surface area contributed by atoms with Crippen LogP contribution in [0, 0.1) is 16.5 Å². The van der Waals surface area contributed by atoms with Gasteiger partial charge in [0.25, 0.3) is 0 Å². The molecule has 0 bridgehead atoms. The molecule has 4 heteroatoms.